The molecule has 1 amide bonds. The molecule has 0 aliphatic carbocycles. The molecule has 4 N–H and O–H groups in total. The Bertz CT molecular complexity index is 697. The van der Waals surface area contributed by atoms with E-state index in [0.717, 1.165) is 32.2 Å². The summed E-state index contributed by atoms with van der Waals surface area (Å²) in [6.07, 6.45) is 3.98. The number of rotatable bonds is 6. The normalized spacial score (nSPS) is 22.1. The Morgan fingerprint density at radius 2 is 1.85 bits per heavy atom. The molecular weight excluding hydrogens is 374 g/mol. The molecule has 0 bridgehead atoms. The number of sulfonamides is 1. The van der Waals surface area contributed by atoms with E-state index < -0.39 is 10.0 Å². The van der Waals surface area contributed by atoms with Crippen molar-refractivity contribution in [1.29, 1.82) is 0 Å². The van der Waals surface area contributed by atoms with E-state index in [2.05, 4.69) is 21.7 Å². The second-order valence-electron chi connectivity index (χ2n) is 6.34. The van der Waals surface area contributed by atoms with Gasteiger partial charge in [0.2, 0.25) is 15.9 Å². The zero-order valence-corrected chi connectivity index (χ0v) is 16.2. The predicted molar refractivity (Wildman–Crippen MR) is 103 cm³/mol. The highest BCUT2D eigenvalue weighted by molar-refractivity contribution is 8.00. The molecule has 2 heterocycles. The van der Waals surface area contributed by atoms with Crippen LogP contribution >= 0.6 is 11.8 Å². The number of nitrogens with zero attached hydrogens (tertiary/aromatic N) is 1. The molecule has 0 saturated carbocycles. The molecular formula is C16H25N5O3S2. The summed E-state index contributed by atoms with van der Waals surface area (Å²) >= 11 is 1.49. The van der Waals surface area contributed by atoms with E-state index in [1.807, 2.05) is 0 Å². The molecule has 10 heteroatoms. The summed E-state index contributed by atoms with van der Waals surface area (Å²) < 4.78 is 27.0. The van der Waals surface area contributed by atoms with Crippen LogP contribution in [0.3, 0.4) is 0 Å². The third kappa shape index (κ3) is 5.18. The zero-order chi connectivity index (χ0) is 18.4. The first-order valence-corrected chi connectivity index (χ1v) is 11.3. The van der Waals surface area contributed by atoms with E-state index in [1.165, 1.54) is 11.8 Å². The van der Waals surface area contributed by atoms with E-state index in [9.17, 15) is 13.2 Å². The molecule has 1 atom stereocenters. The first-order valence-electron chi connectivity index (χ1n) is 8.81. The number of amides is 1. The molecule has 2 saturated heterocycles. The number of hydrogen-bond donors (Lipinski definition) is 4. The highest BCUT2D eigenvalue weighted by Gasteiger charge is 2.25. The van der Waals surface area contributed by atoms with Gasteiger partial charge in [-0.05, 0) is 37.1 Å². The van der Waals surface area contributed by atoms with Gasteiger partial charge in [0.1, 0.15) is 0 Å². The number of benzene rings is 1. The van der Waals surface area contributed by atoms with E-state index >= 15 is 0 Å². The molecule has 2 aliphatic rings. The quantitative estimate of drug-likeness (QED) is 0.563. The van der Waals surface area contributed by atoms with Gasteiger partial charge in [-0.1, -0.05) is 12.8 Å². The van der Waals surface area contributed by atoms with Crippen LogP contribution in [0.15, 0.2) is 29.2 Å². The van der Waals surface area contributed by atoms with Crippen molar-refractivity contribution in [1.82, 2.24) is 20.7 Å². The van der Waals surface area contributed by atoms with Gasteiger partial charge in [0, 0.05) is 25.3 Å². The van der Waals surface area contributed by atoms with Crippen molar-refractivity contribution in [3.05, 3.63) is 24.3 Å². The van der Waals surface area contributed by atoms with Crippen molar-refractivity contribution in [2.45, 2.75) is 36.0 Å². The molecule has 3 rings (SSSR count). The number of hydrazine groups is 2. The van der Waals surface area contributed by atoms with Crippen molar-refractivity contribution >= 4 is 33.4 Å². The number of carbonyl (C=O) groups excluding carboxylic acids is 1. The maximum atomic E-state index is 12.7. The van der Waals surface area contributed by atoms with Crippen LogP contribution in [0, 0.1) is 0 Å². The Hall–Kier alpha value is -1.17. The topological polar surface area (TPSA) is 103 Å². The van der Waals surface area contributed by atoms with Gasteiger partial charge in [0.25, 0.3) is 0 Å². The third-order valence-corrected chi connectivity index (χ3v) is 7.39. The molecule has 0 aromatic heterocycles. The fourth-order valence-electron chi connectivity index (χ4n) is 2.94. The Balaban J connectivity index is 1.56. The summed E-state index contributed by atoms with van der Waals surface area (Å²) in [5.74, 6) is 0.196. The number of anilines is 1. The monoisotopic (exact) mass is 399 g/mol. The zero-order valence-electron chi connectivity index (χ0n) is 14.5. The van der Waals surface area contributed by atoms with Gasteiger partial charge in [0.05, 0.1) is 16.0 Å². The van der Waals surface area contributed by atoms with Gasteiger partial charge >= 0.3 is 0 Å². The molecule has 2 aliphatic heterocycles. The maximum Gasteiger partial charge on any atom is 0.243 e. The highest BCUT2D eigenvalue weighted by atomic mass is 32.2. The molecule has 26 heavy (non-hydrogen) atoms. The van der Waals surface area contributed by atoms with Crippen molar-refractivity contribution < 1.29 is 13.2 Å². The van der Waals surface area contributed by atoms with Gasteiger partial charge < -0.3 is 5.32 Å². The van der Waals surface area contributed by atoms with Crippen molar-refractivity contribution in [2.24, 2.45) is 0 Å². The van der Waals surface area contributed by atoms with Crippen molar-refractivity contribution in [2.75, 3.05) is 30.7 Å². The van der Waals surface area contributed by atoms with E-state index in [-0.39, 0.29) is 16.2 Å². The maximum absolute atomic E-state index is 12.7. The summed E-state index contributed by atoms with van der Waals surface area (Å²) in [5, 5.41) is 2.94. The van der Waals surface area contributed by atoms with Crippen LogP contribution in [0.25, 0.3) is 0 Å². The third-order valence-electron chi connectivity index (χ3n) is 4.37. The second-order valence-corrected chi connectivity index (χ2v) is 9.47. The molecule has 1 unspecified atom stereocenters. The average Bonchev–Trinajstić information content (AvgIpc) is 3.00. The minimum Gasteiger partial charge on any atom is -0.325 e. The van der Waals surface area contributed by atoms with E-state index in [1.54, 1.807) is 28.6 Å². The summed E-state index contributed by atoms with van der Waals surface area (Å²) in [6, 6.07) is 6.42. The fourth-order valence-corrected chi connectivity index (χ4v) is 5.23. The van der Waals surface area contributed by atoms with Crippen molar-refractivity contribution in [3.63, 3.8) is 0 Å². The Labute approximate surface area is 158 Å². The van der Waals surface area contributed by atoms with Crippen molar-refractivity contribution in [3.8, 4) is 0 Å². The Morgan fingerprint density at radius 3 is 2.46 bits per heavy atom. The lowest BCUT2D eigenvalue weighted by atomic mass is 10.2. The van der Waals surface area contributed by atoms with Crippen LogP contribution in [0.1, 0.15) is 25.7 Å². The first-order chi connectivity index (χ1) is 12.6. The van der Waals surface area contributed by atoms with Crippen LogP contribution < -0.4 is 21.7 Å². The number of thioether (sulfide) groups is 1. The number of nitrogens with one attached hydrogen (secondary N) is 4. The summed E-state index contributed by atoms with van der Waals surface area (Å²) in [5.41, 5.74) is 9.29. The van der Waals surface area contributed by atoms with Crippen LogP contribution in [-0.4, -0.2) is 49.4 Å². The summed E-state index contributed by atoms with van der Waals surface area (Å²) in [4.78, 5) is 12.3. The number of hydrogen-bond acceptors (Lipinski definition) is 7. The first kappa shape index (κ1) is 19.6. The second kappa shape index (κ2) is 9.16. The van der Waals surface area contributed by atoms with Gasteiger partial charge in [-0.2, -0.15) is 9.84 Å². The van der Waals surface area contributed by atoms with Gasteiger partial charge in [-0.3, -0.25) is 4.79 Å². The predicted octanol–water partition coefficient (Wildman–Crippen LogP) is 0.862. The largest absolute Gasteiger partial charge is 0.325 e. The molecule has 0 spiro atoms. The molecule has 1 aromatic rings. The van der Waals surface area contributed by atoms with Gasteiger partial charge in [0.15, 0.2) is 0 Å². The average molecular weight is 400 g/mol. The minimum atomic E-state index is -3.46. The fraction of sp³-hybridized carbons (Fsp3) is 0.562. The Kier molecular flexibility index (Phi) is 6.90. The SMILES string of the molecule is O=C(CSC1CNNN1)Nc1ccc(S(=O)(=O)N2CCCCCC2)cc1. The minimum absolute atomic E-state index is 0.119. The lowest BCUT2D eigenvalue weighted by Gasteiger charge is -2.20. The number of carbonyl (C=O) groups is 1. The lowest BCUT2D eigenvalue weighted by Crippen LogP contribution is -2.32. The van der Waals surface area contributed by atoms with Crippen LogP contribution in [0.4, 0.5) is 5.69 Å². The van der Waals surface area contributed by atoms with Crippen LogP contribution in [-0.2, 0) is 14.8 Å². The molecule has 8 nitrogen and oxygen atoms in total. The van der Waals surface area contributed by atoms with Gasteiger partial charge in [-0.25, -0.2) is 19.3 Å². The summed E-state index contributed by atoms with van der Waals surface area (Å²) in [6.45, 7) is 1.90. The van der Waals surface area contributed by atoms with Gasteiger partial charge in [-0.15, -0.1) is 11.8 Å². The molecule has 144 valence electrons. The molecule has 0 radical (unpaired) electrons. The highest BCUT2D eigenvalue weighted by Crippen LogP contribution is 2.22. The summed E-state index contributed by atoms with van der Waals surface area (Å²) in [7, 11) is -3.46. The molecule has 1 aromatic carbocycles. The lowest BCUT2D eigenvalue weighted by molar-refractivity contribution is -0.113. The van der Waals surface area contributed by atoms with Crippen LogP contribution in [0.5, 0.6) is 0 Å². The van der Waals surface area contributed by atoms with Crippen LogP contribution in [0.2, 0.25) is 0 Å². The van der Waals surface area contributed by atoms with E-state index in [4.69, 9.17) is 0 Å². The molecule has 2 fully saturated rings. The standard InChI is InChI=1S/C16H25N5O3S2/c22-15(12-25-16-11-17-20-19-16)18-13-5-7-14(8-6-13)26(23,24)21-9-3-1-2-4-10-21/h5-8,16-17,19-20H,1-4,9-12H2,(H,18,22). The Morgan fingerprint density at radius 1 is 1.15 bits per heavy atom. The smallest absolute Gasteiger partial charge is 0.243 e. The van der Waals surface area contributed by atoms with E-state index in [0.29, 0.717) is 24.5 Å².